The Labute approximate surface area is 122 Å². The van der Waals surface area contributed by atoms with Crippen LogP contribution in [-0.4, -0.2) is 4.57 Å². The Morgan fingerprint density at radius 3 is 2.38 bits per heavy atom. The van der Waals surface area contributed by atoms with Crippen molar-refractivity contribution in [2.75, 3.05) is 0 Å². The summed E-state index contributed by atoms with van der Waals surface area (Å²) in [5.74, 6) is -0.359. The molecule has 3 rings (SSSR count). The molecule has 0 saturated carbocycles. The van der Waals surface area contributed by atoms with Gasteiger partial charge in [-0.15, -0.1) is 0 Å². The third-order valence-corrected chi connectivity index (χ3v) is 3.78. The number of nitrogens with two attached hydrogens (primary N) is 1. The van der Waals surface area contributed by atoms with Crippen LogP contribution in [0.1, 0.15) is 28.3 Å². The third-order valence-electron chi connectivity index (χ3n) is 3.78. The minimum absolute atomic E-state index is 0.237. The first-order chi connectivity index (χ1) is 9.95. The fraction of sp³-hybridized carbons (Fsp3) is 0.235. The lowest BCUT2D eigenvalue weighted by Crippen LogP contribution is -2.12. The number of aryl methyl sites for hydroxylation is 3. The first-order valence-corrected chi connectivity index (χ1v) is 6.89. The van der Waals surface area contributed by atoms with Crippen molar-refractivity contribution in [3.8, 4) is 0 Å². The predicted octanol–water partition coefficient (Wildman–Crippen LogP) is 2.80. The van der Waals surface area contributed by atoms with Crippen molar-refractivity contribution >= 4 is 11.1 Å². The number of oxazole rings is 1. The smallest absolute Gasteiger partial charge is 0.408 e. The molecule has 2 N–H and O–H groups in total. The van der Waals surface area contributed by atoms with Crippen LogP contribution >= 0.6 is 0 Å². The van der Waals surface area contributed by atoms with Crippen molar-refractivity contribution in [1.29, 1.82) is 0 Å². The molecular weight excluding hydrogens is 264 g/mol. The average Bonchev–Trinajstić information content (AvgIpc) is 2.71. The van der Waals surface area contributed by atoms with Crippen molar-refractivity contribution in [2.24, 2.45) is 12.8 Å². The van der Waals surface area contributed by atoms with Crippen LogP contribution in [0.2, 0.25) is 0 Å². The van der Waals surface area contributed by atoms with Gasteiger partial charge in [-0.3, -0.25) is 4.57 Å². The summed E-state index contributed by atoms with van der Waals surface area (Å²) in [6.07, 6.45) is 0. The Balaban J connectivity index is 2.08. The van der Waals surface area contributed by atoms with Crippen molar-refractivity contribution in [1.82, 2.24) is 4.57 Å². The molecule has 0 saturated heterocycles. The number of benzene rings is 2. The topological polar surface area (TPSA) is 61.2 Å². The minimum Gasteiger partial charge on any atom is -0.408 e. The van der Waals surface area contributed by atoms with Gasteiger partial charge < -0.3 is 10.2 Å². The number of fused-ring (bicyclic) bond motifs is 1. The average molecular weight is 282 g/mol. The molecule has 0 aliphatic carbocycles. The normalized spacial score (nSPS) is 12.8. The van der Waals surface area contributed by atoms with Crippen molar-refractivity contribution < 1.29 is 4.42 Å². The zero-order valence-corrected chi connectivity index (χ0v) is 12.4. The summed E-state index contributed by atoms with van der Waals surface area (Å²) in [5, 5.41) is 0. The number of nitrogens with zero attached hydrogens (tertiary/aromatic N) is 1. The molecule has 2 aromatic carbocycles. The summed E-state index contributed by atoms with van der Waals surface area (Å²) >= 11 is 0. The van der Waals surface area contributed by atoms with E-state index in [2.05, 4.69) is 32.0 Å². The molecule has 108 valence electrons. The maximum Gasteiger partial charge on any atom is 0.419 e. The fourth-order valence-corrected chi connectivity index (χ4v) is 2.73. The van der Waals surface area contributed by atoms with Gasteiger partial charge in [0.15, 0.2) is 5.58 Å². The quantitative estimate of drug-likeness (QED) is 0.786. The highest BCUT2D eigenvalue weighted by Crippen LogP contribution is 2.24. The summed E-state index contributed by atoms with van der Waals surface area (Å²) in [7, 11) is 1.69. The van der Waals surface area contributed by atoms with Gasteiger partial charge in [0.25, 0.3) is 0 Å². The van der Waals surface area contributed by atoms with Crippen LogP contribution in [0, 0.1) is 13.8 Å². The molecule has 3 aromatic rings. The maximum atomic E-state index is 11.5. The molecule has 0 aliphatic heterocycles. The predicted molar refractivity (Wildman–Crippen MR) is 83.4 cm³/mol. The van der Waals surface area contributed by atoms with Gasteiger partial charge >= 0.3 is 5.76 Å². The SMILES string of the molecule is Cc1cc(C)cc(C(N)c2ccc3c(c2)oc(=O)n3C)c1. The molecule has 0 radical (unpaired) electrons. The van der Waals surface area contributed by atoms with Gasteiger partial charge in [-0.1, -0.05) is 35.4 Å². The molecule has 0 amide bonds. The van der Waals surface area contributed by atoms with E-state index in [0.29, 0.717) is 5.58 Å². The second-order valence-electron chi connectivity index (χ2n) is 5.55. The molecule has 0 aliphatic rings. The van der Waals surface area contributed by atoms with Gasteiger partial charge in [0.1, 0.15) is 0 Å². The van der Waals surface area contributed by atoms with E-state index in [9.17, 15) is 4.79 Å². The number of hydrogen-bond donors (Lipinski definition) is 1. The zero-order chi connectivity index (χ0) is 15.1. The molecule has 4 heteroatoms. The lowest BCUT2D eigenvalue weighted by atomic mass is 9.96. The van der Waals surface area contributed by atoms with Gasteiger partial charge in [0, 0.05) is 7.05 Å². The van der Waals surface area contributed by atoms with E-state index >= 15 is 0 Å². The molecule has 1 heterocycles. The van der Waals surface area contributed by atoms with E-state index in [1.807, 2.05) is 18.2 Å². The monoisotopic (exact) mass is 282 g/mol. The summed E-state index contributed by atoms with van der Waals surface area (Å²) in [6.45, 7) is 4.12. The Bertz CT molecular complexity index is 854. The summed E-state index contributed by atoms with van der Waals surface area (Å²) in [6, 6.07) is 11.7. The Hall–Kier alpha value is -2.33. The molecule has 4 nitrogen and oxygen atoms in total. The largest absolute Gasteiger partial charge is 0.419 e. The minimum atomic E-state index is -0.359. The van der Waals surface area contributed by atoms with Gasteiger partial charge in [0.05, 0.1) is 11.6 Å². The highest BCUT2D eigenvalue weighted by atomic mass is 16.4. The van der Waals surface area contributed by atoms with Gasteiger partial charge in [-0.25, -0.2) is 4.79 Å². The van der Waals surface area contributed by atoms with Crippen LogP contribution in [-0.2, 0) is 7.05 Å². The van der Waals surface area contributed by atoms with Crippen LogP contribution < -0.4 is 11.5 Å². The maximum absolute atomic E-state index is 11.5. The number of aromatic nitrogens is 1. The second-order valence-corrected chi connectivity index (χ2v) is 5.55. The van der Waals surface area contributed by atoms with Crippen LogP contribution in [0.3, 0.4) is 0 Å². The van der Waals surface area contributed by atoms with E-state index in [4.69, 9.17) is 10.2 Å². The van der Waals surface area contributed by atoms with Gasteiger partial charge in [-0.2, -0.15) is 0 Å². The second kappa shape index (κ2) is 4.90. The molecule has 0 fully saturated rings. The molecule has 0 bridgehead atoms. The first-order valence-electron chi connectivity index (χ1n) is 6.89. The van der Waals surface area contributed by atoms with Crippen molar-refractivity contribution in [2.45, 2.75) is 19.9 Å². The van der Waals surface area contributed by atoms with Gasteiger partial charge in [0.2, 0.25) is 0 Å². The fourth-order valence-electron chi connectivity index (χ4n) is 2.73. The standard InChI is InChI=1S/C17H18N2O2/c1-10-6-11(2)8-13(7-10)16(18)12-4-5-14-15(9-12)21-17(20)19(14)3/h4-9,16H,18H2,1-3H3. The van der Waals surface area contributed by atoms with Crippen LogP contribution in [0.25, 0.3) is 11.1 Å². The lowest BCUT2D eigenvalue weighted by molar-refractivity contribution is 0.527. The van der Waals surface area contributed by atoms with E-state index < -0.39 is 0 Å². The number of rotatable bonds is 2. The zero-order valence-electron chi connectivity index (χ0n) is 12.4. The highest BCUT2D eigenvalue weighted by Gasteiger charge is 2.13. The molecule has 21 heavy (non-hydrogen) atoms. The van der Waals surface area contributed by atoms with Crippen LogP contribution in [0.4, 0.5) is 0 Å². The molecule has 1 unspecified atom stereocenters. The van der Waals surface area contributed by atoms with E-state index in [1.54, 1.807) is 7.05 Å². The molecule has 0 spiro atoms. The summed E-state index contributed by atoms with van der Waals surface area (Å²) in [5.41, 5.74) is 12.1. The van der Waals surface area contributed by atoms with E-state index in [1.165, 1.54) is 15.7 Å². The Morgan fingerprint density at radius 2 is 1.71 bits per heavy atom. The molecular formula is C17H18N2O2. The van der Waals surface area contributed by atoms with Crippen LogP contribution in [0.5, 0.6) is 0 Å². The summed E-state index contributed by atoms with van der Waals surface area (Å²) in [4.78, 5) is 11.5. The Kier molecular flexibility index (Phi) is 3.18. The Morgan fingerprint density at radius 1 is 1.05 bits per heavy atom. The molecule has 1 atom stereocenters. The van der Waals surface area contributed by atoms with Crippen molar-refractivity contribution in [3.63, 3.8) is 0 Å². The van der Waals surface area contributed by atoms with E-state index in [0.717, 1.165) is 16.6 Å². The highest BCUT2D eigenvalue weighted by molar-refractivity contribution is 5.74. The lowest BCUT2D eigenvalue weighted by Gasteiger charge is -2.14. The van der Waals surface area contributed by atoms with E-state index in [-0.39, 0.29) is 11.8 Å². The molecule has 1 aromatic heterocycles. The van der Waals surface area contributed by atoms with Gasteiger partial charge in [-0.05, 0) is 37.1 Å². The van der Waals surface area contributed by atoms with Crippen LogP contribution in [0.15, 0.2) is 45.6 Å². The van der Waals surface area contributed by atoms with Crippen molar-refractivity contribution in [3.05, 3.63) is 69.2 Å². The first kappa shape index (κ1) is 13.6. The number of hydrogen-bond acceptors (Lipinski definition) is 3. The summed E-state index contributed by atoms with van der Waals surface area (Å²) < 4.78 is 6.71. The third kappa shape index (κ3) is 2.38.